The van der Waals surface area contributed by atoms with Crippen LogP contribution in [0, 0.1) is 0 Å². The Kier molecular flexibility index (Phi) is 7.48. The molecule has 3 rings (SSSR count). The van der Waals surface area contributed by atoms with E-state index in [4.69, 9.17) is 0 Å². The maximum absolute atomic E-state index is 12.4. The SMILES string of the molecule is CC1CCCCN1CCCNC(=O)NC1CCCc2cc(OC(F)F)ccc21. The topological polar surface area (TPSA) is 53.6 Å². The third kappa shape index (κ3) is 5.80. The van der Waals surface area contributed by atoms with Gasteiger partial charge in [-0.2, -0.15) is 8.78 Å². The van der Waals surface area contributed by atoms with Crippen molar-refractivity contribution in [3.63, 3.8) is 0 Å². The van der Waals surface area contributed by atoms with E-state index < -0.39 is 6.61 Å². The number of piperidine rings is 1. The molecule has 0 saturated carbocycles. The monoisotopic (exact) mass is 395 g/mol. The van der Waals surface area contributed by atoms with E-state index >= 15 is 0 Å². The van der Waals surface area contributed by atoms with Crippen molar-refractivity contribution < 1.29 is 18.3 Å². The highest BCUT2D eigenvalue weighted by Gasteiger charge is 2.23. The maximum atomic E-state index is 12.4. The van der Waals surface area contributed by atoms with Crippen molar-refractivity contribution in [2.24, 2.45) is 0 Å². The van der Waals surface area contributed by atoms with Crippen LogP contribution in [0.5, 0.6) is 5.75 Å². The standard InChI is InChI=1S/C21H31F2N3O2/c1-15-6-2-3-12-26(15)13-5-11-24-21(27)25-19-8-4-7-16-14-17(28-20(22)23)9-10-18(16)19/h9-10,14-15,19-20H,2-8,11-13H2,1H3,(H2,24,25,27). The molecule has 2 amide bonds. The zero-order chi connectivity index (χ0) is 19.9. The number of halogens is 2. The van der Waals surface area contributed by atoms with Gasteiger partial charge in [-0.15, -0.1) is 0 Å². The number of nitrogens with one attached hydrogen (secondary N) is 2. The van der Waals surface area contributed by atoms with Crippen LogP contribution in [-0.4, -0.2) is 43.2 Å². The van der Waals surface area contributed by atoms with E-state index in [-0.39, 0.29) is 17.8 Å². The van der Waals surface area contributed by atoms with E-state index in [9.17, 15) is 13.6 Å². The van der Waals surface area contributed by atoms with Crippen molar-refractivity contribution >= 4 is 6.03 Å². The van der Waals surface area contributed by atoms with Gasteiger partial charge >= 0.3 is 12.6 Å². The highest BCUT2D eigenvalue weighted by Crippen LogP contribution is 2.32. The number of hydrogen-bond donors (Lipinski definition) is 2. The molecule has 2 aliphatic rings. The predicted molar refractivity (Wildman–Crippen MR) is 105 cm³/mol. The Balaban J connectivity index is 1.44. The van der Waals surface area contributed by atoms with Gasteiger partial charge in [0.15, 0.2) is 0 Å². The van der Waals surface area contributed by atoms with Gasteiger partial charge < -0.3 is 20.3 Å². The lowest BCUT2D eigenvalue weighted by Crippen LogP contribution is -2.42. The first kappa shape index (κ1) is 20.8. The number of carbonyl (C=O) groups is 1. The summed E-state index contributed by atoms with van der Waals surface area (Å²) in [5, 5.41) is 5.98. The van der Waals surface area contributed by atoms with Crippen molar-refractivity contribution in [3.05, 3.63) is 29.3 Å². The quantitative estimate of drug-likeness (QED) is 0.680. The third-order valence-electron chi connectivity index (χ3n) is 5.81. The number of rotatable bonds is 7. The second-order valence-electron chi connectivity index (χ2n) is 7.82. The Bertz CT molecular complexity index is 657. The Morgan fingerprint density at radius 3 is 2.93 bits per heavy atom. The Hall–Kier alpha value is -1.89. The molecular weight excluding hydrogens is 364 g/mol. The lowest BCUT2D eigenvalue weighted by atomic mass is 9.87. The van der Waals surface area contributed by atoms with Gasteiger partial charge in [0.05, 0.1) is 6.04 Å². The summed E-state index contributed by atoms with van der Waals surface area (Å²) in [5.41, 5.74) is 1.96. The number of alkyl halides is 2. The number of hydrogen-bond acceptors (Lipinski definition) is 3. The molecule has 1 aliphatic carbocycles. The first-order valence-electron chi connectivity index (χ1n) is 10.4. The first-order valence-corrected chi connectivity index (χ1v) is 10.4. The highest BCUT2D eigenvalue weighted by molar-refractivity contribution is 5.74. The molecule has 156 valence electrons. The molecule has 2 unspecified atom stereocenters. The second-order valence-corrected chi connectivity index (χ2v) is 7.82. The van der Waals surface area contributed by atoms with Crippen molar-refractivity contribution in [2.75, 3.05) is 19.6 Å². The number of amides is 2. The summed E-state index contributed by atoms with van der Waals surface area (Å²) in [6.45, 7) is 2.27. The van der Waals surface area contributed by atoms with Crippen LogP contribution in [0.3, 0.4) is 0 Å². The summed E-state index contributed by atoms with van der Waals surface area (Å²) >= 11 is 0. The van der Waals surface area contributed by atoms with Gasteiger partial charge in [-0.1, -0.05) is 12.5 Å². The van der Waals surface area contributed by atoms with Gasteiger partial charge in [0.25, 0.3) is 0 Å². The highest BCUT2D eigenvalue weighted by atomic mass is 19.3. The molecule has 1 aliphatic heterocycles. The van der Waals surface area contributed by atoms with Crippen LogP contribution < -0.4 is 15.4 Å². The molecule has 0 aromatic heterocycles. The van der Waals surface area contributed by atoms with Crippen LogP contribution in [0.25, 0.3) is 0 Å². The zero-order valence-corrected chi connectivity index (χ0v) is 16.6. The van der Waals surface area contributed by atoms with Crippen LogP contribution in [0.2, 0.25) is 0 Å². The van der Waals surface area contributed by atoms with Crippen LogP contribution >= 0.6 is 0 Å². The summed E-state index contributed by atoms with van der Waals surface area (Å²) in [4.78, 5) is 14.8. The summed E-state index contributed by atoms with van der Waals surface area (Å²) in [5.74, 6) is 0.172. The molecule has 2 atom stereocenters. The van der Waals surface area contributed by atoms with E-state index in [1.807, 2.05) is 0 Å². The third-order valence-corrected chi connectivity index (χ3v) is 5.81. The van der Waals surface area contributed by atoms with E-state index in [0.29, 0.717) is 12.6 Å². The zero-order valence-electron chi connectivity index (χ0n) is 16.6. The van der Waals surface area contributed by atoms with Crippen LogP contribution in [0.4, 0.5) is 13.6 Å². The van der Waals surface area contributed by atoms with Crippen LogP contribution in [0.1, 0.15) is 62.6 Å². The van der Waals surface area contributed by atoms with Crippen molar-refractivity contribution in [1.29, 1.82) is 0 Å². The largest absolute Gasteiger partial charge is 0.435 e. The van der Waals surface area contributed by atoms with Gasteiger partial charge in [-0.05, 0) is 75.3 Å². The average molecular weight is 395 g/mol. The van der Waals surface area contributed by atoms with E-state index in [1.54, 1.807) is 18.2 Å². The molecule has 0 radical (unpaired) electrons. The van der Waals surface area contributed by atoms with Gasteiger partial charge in [-0.25, -0.2) is 4.79 Å². The summed E-state index contributed by atoms with van der Waals surface area (Å²) < 4.78 is 29.3. The normalized spacial score (nSPS) is 22.6. The van der Waals surface area contributed by atoms with Crippen molar-refractivity contribution in [2.45, 2.75) is 70.6 Å². The van der Waals surface area contributed by atoms with Crippen LogP contribution in [-0.2, 0) is 6.42 Å². The molecule has 7 heteroatoms. The van der Waals surface area contributed by atoms with E-state index in [2.05, 4.69) is 27.2 Å². The summed E-state index contributed by atoms with van der Waals surface area (Å²) in [6.07, 6.45) is 7.35. The molecule has 1 saturated heterocycles. The summed E-state index contributed by atoms with van der Waals surface area (Å²) in [7, 11) is 0. The van der Waals surface area contributed by atoms with Crippen LogP contribution in [0.15, 0.2) is 18.2 Å². The van der Waals surface area contributed by atoms with Gasteiger partial charge in [0, 0.05) is 19.1 Å². The van der Waals surface area contributed by atoms with E-state index in [0.717, 1.165) is 49.9 Å². The summed E-state index contributed by atoms with van der Waals surface area (Å²) in [6, 6.07) is 5.37. The maximum Gasteiger partial charge on any atom is 0.387 e. The van der Waals surface area contributed by atoms with Gasteiger partial charge in [0.2, 0.25) is 0 Å². The molecule has 0 spiro atoms. The first-order chi connectivity index (χ1) is 13.5. The molecular formula is C21H31F2N3O2. The number of urea groups is 1. The fraction of sp³-hybridized carbons (Fsp3) is 0.667. The minimum absolute atomic E-state index is 0.0912. The van der Waals surface area contributed by atoms with E-state index in [1.165, 1.54) is 19.3 Å². The predicted octanol–water partition coefficient (Wildman–Crippen LogP) is 4.23. The fourth-order valence-electron chi connectivity index (χ4n) is 4.30. The lowest BCUT2D eigenvalue weighted by molar-refractivity contribution is -0.0499. The number of aryl methyl sites for hydroxylation is 1. The lowest BCUT2D eigenvalue weighted by Gasteiger charge is -2.33. The average Bonchev–Trinajstić information content (AvgIpc) is 2.66. The van der Waals surface area contributed by atoms with Gasteiger partial charge in [0.1, 0.15) is 5.75 Å². The Morgan fingerprint density at radius 1 is 1.29 bits per heavy atom. The fourth-order valence-corrected chi connectivity index (χ4v) is 4.30. The molecule has 2 N–H and O–H groups in total. The molecule has 0 bridgehead atoms. The van der Waals surface area contributed by atoms with Gasteiger partial charge in [-0.3, -0.25) is 0 Å². The smallest absolute Gasteiger partial charge is 0.387 e. The minimum atomic E-state index is -2.82. The number of nitrogens with zero attached hydrogens (tertiary/aromatic N) is 1. The molecule has 1 aromatic rings. The second kappa shape index (κ2) is 10.0. The number of benzene rings is 1. The Morgan fingerprint density at radius 2 is 2.14 bits per heavy atom. The number of carbonyl (C=O) groups excluding carboxylic acids is 1. The molecule has 1 aromatic carbocycles. The number of likely N-dealkylation sites (tertiary alicyclic amines) is 1. The van der Waals surface area contributed by atoms with Crippen molar-refractivity contribution in [1.82, 2.24) is 15.5 Å². The minimum Gasteiger partial charge on any atom is -0.435 e. The number of fused-ring (bicyclic) bond motifs is 1. The Labute approximate surface area is 165 Å². The molecule has 1 fully saturated rings. The molecule has 1 heterocycles. The molecule has 5 nitrogen and oxygen atoms in total. The number of ether oxygens (including phenoxy) is 1. The van der Waals surface area contributed by atoms with Crippen molar-refractivity contribution in [3.8, 4) is 5.75 Å². The molecule has 28 heavy (non-hydrogen) atoms.